The maximum atomic E-state index is 3.97. The van der Waals surface area contributed by atoms with Gasteiger partial charge in [-0.1, -0.05) is 50.3 Å². The first-order valence-electron chi connectivity index (χ1n) is 7.91. The Morgan fingerprint density at radius 1 is 0.895 bits per heavy atom. The molecule has 0 saturated heterocycles. The smallest absolute Gasteiger partial charge is 0.0341 e. The summed E-state index contributed by atoms with van der Waals surface area (Å²) >= 11 is 2.02. The first kappa shape index (κ1) is 13.5. The monoisotopic (exact) mass is 275 g/mol. The fourth-order valence-corrected chi connectivity index (χ4v) is 4.55. The number of hydrogen-bond donors (Lipinski definition) is 1. The van der Waals surface area contributed by atoms with E-state index in [4.69, 9.17) is 0 Å². The van der Waals surface area contributed by atoms with E-state index in [0.29, 0.717) is 6.04 Å². The summed E-state index contributed by atoms with van der Waals surface area (Å²) < 4.78 is 0. The summed E-state index contributed by atoms with van der Waals surface area (Å²) in [4.78, 5) is 1.50. The quantitative estimate of drug-likeness (QED) is 0.821. The lowest BCUT2D eigenvalue weighted by Crippen LogP contribution is -2.35. The van der Waals surface area contributed by atoms with E-state index in [1.54, 1.807) is 5.56 Å². The molecule has 1 unspecified atom stereocenters. The Morgan fingerprint density at radius 2 is 1.63 bits per heavy atom. The second-order valence-corrected chi connectivity index (χ2v) is 7.07. The van der Waals surface area contributed by atoms with Crippen molar-refractivity contribution in [3.8, 4) is 0 Å². The van der Waals surface area contributed by atoms with E-state index in [0.717, 1.165) is 6.04 Å². The molecule has 1 saturated carbocycles. The average Bonchev–Trinajstić information content (AvgIpc) is 2.42. The van der Waals surface area contributed by atoms with Gasteiger partial charge in [0.1, 0.15) is 0 Å². The van der Waals surface area contributed by atoms with Crippen LogP contribution in [0, 0.1) is 0 Å². The van der Waals surface area contributed by atoms with Crippen molar-refractivity contribution in [3.05, 3.63) is 29.8 Å². The molecule has 1 aromatic carbocycles. The third kappa shape index (κ3) is 3.55. The van der Waals surface area contributed by atoms with Crippen molar-refractivity contribution in [2.75, 3.05) is 5.75 Å². The lowest BCUT2D eigenvalue weighted by Gasteiger charge is -2.31. The maximum absolute atomic E-state index is 3.97. The molecule has 0 aromatic heterocycles. The largest absolute Gasteiger partial charge is 0.307 e. The van der Waals surface area contributed by atoms with Crippen molar-refractivity contribution in [1.29, 1.82) is 0 Å². The van der Waals surface area contributed by atoms with Gasteiger partial charge in [0.15, 0.2) is 0 Å². The number of fused-ring (bicyclic) bond motifs is 1. The van der Waals surface area contributed by atoms with E-state index >= 15 is 0 Å². The number of benzene rings is 1. The molecule has 1 nitrogen and oxygen atoms in total. The van der Waals surface area contributed by atoms with E-state index in [1.807, 2.05) is 11.8 Å². The van der Waals surface area contributed by atoms with Gasteiger partial charge in [0.2, 0.25) is 0 Å². The van der Waals surface area contributed by atoms with Crippen LogP contribution in [0.15, 0.2) is 29.2 Å². The van der Waals surface area contributed by atoms with E-state index < -0.39 is 0 Å². The molecule has 104 valence electrons. The molecule has 0 bridgehead atoms. The topological polar surface area (TPSA) is 12.0 Å². The minimum atomic E-state index is 0.599. The van der Waals surface area contributed by atoms with Crippen molar-refractivity contribution in [3.63, 3.8) is 0 Å². The average molecular weight is 275 g/mol. The molecule has 3 rings (SSSR count). The van der Waals surface area contributed by atoms with Crippen LogP contribution in [0.25, 0.3) is 0 Å². The standard InChI is InChI=1S/C17H25NS/c1-2-4-8-14(9-5-3-1)18-16-12-13-19-17-11-7-6-10-15(16)17/h6-7,10-11,14,16,18H,1-5,8-9,12-13H2. The molecule has 0 radical (unpaired) electrons. The highest BCUT2D eigenvalue weighted by Crippen LogP contribution is 2.36. The normalized spacial score (nSPS) is 25.4. The summed E-state index contributed by atoms with van der Waals surface area (Å²) in [5, 5.41) is 3.97. The van der Waals surface area contributed by atoms with Crippen LogP contribution < -0.4 is 5.32 Å². The van der Waals surface area contributed by atoms with Gasteiger partial charge in [0, 0.05) is 17.0 Å². The Bertz CT molecular complexity index is 396. The zero-order chi connectivity index (χ0) is 12.9. The lowest BCUT2D eigenvalue weighted by atomic mass is 9.94. The van der Waals surface area contributed by atoms with Crippen LogP contribution in [-0.2, 0) is 0 Å². The van der Waals surface area contributed by atoms with Crippen LogP contribution in [0.3, 0.4) is 0 Å². The first-order valence-corrected chi connectivity index (χ1v) is 8.90. The highest BCUT2D eigenvalue weighted by Gasteiger charge is 2.23. The fraction of sp³-hybridized carbons (Fsp3) is 0.647. The zero-order valence-corrected chi connectivity index (χ0v) is 12.6. The van der Waals surface area contributed by atoms with Crippen LogP contribution in [0.4, 0.5) is 0 Å². The van der Waals surface area contributed by atoms with Gasteiger partial charge in [0.25, 0.3) is 0 Å². The highest BCUT2D eigenvalue weighted by atomic mass is 32.2. The highest BCUT2D eigenvalue weighted by molar-refractivity contribution is 7.99. The Kier molecular flexibility index (Phi) is 4.84. The number of thioether (sulfide) groups is 1. The van der Waals surface area contributed by atoms with Gasteiger partial charge in [-0.2, -0.15) is 0 Å². The second-order valence-electron chi connectivity index (χ2n) is 5.94. The van der Waals surface area contributed by atoms with Gasteiger partial charge in [-0.3, -0.25) is 0 Å². The Labute approximate surface area is 121 Å². The fourth-order valence-electron chi connectivity index (χ4n) is 3.42. The number of hydrogen-bond acceptors (Lipinski definition) is 2. The molecule has 0 amide bonds. The van der Waals surface area contributed by atoms with Crippen molar-refractivity contribution in [1.82, 2.24) is 5.32 Å². The minimum absolute atomic E-state index is 0.599. The number of nitrogens with one attached hydrogen (secondary N) is 1. The summed E-state index contributed by atoms with van der Waals surface area (Å²) in [6.07, 6.45) is 11.2. The summed E-state index contributed by atoms with van der Waals surface area (Å²) in [5.41, 5.74) is 1.54. The SMILES string of the molecule is c1ccc2c(c1)SCCC2NC1CCCCCCC1. The predicted octanol–water partition coefficient (Wildman–Crippen LogP) is 4.93. The van der Waals surface area contributed by atoms with Crippen LogP contribution in [0.2, 0.25) is 0 Å². The molecule has 1 heterocycles. The van der Waals surface area contributed by atoms with Crippen LogP contribution >= 0.6 is 11.8 Å². The van der Waals surface area contributed by atoms with E-state index in [2.05, 4.69) is 29.6 Å². The third-order valence-electron chi connectivity index (χ3n) is 4.50. The van der Waals surface area contributed by atoms with Crippen molar-refractivity contribution in [2.45, 2.75) is 68.3 Å². The van der Waals surface area contributed by atoms with E-state index in [1.165, 1.54) is 62.0 Å². The Morgan fingerprint density at radius 3 is 2.47 bits per heavy atom. The Hall–Kier alpha value is -0.470. The van der Waals surface area contributed by atoms with E-state index in [-0.39, 0.29) is 0 Å². The second kappa shape index (κ2) is 6.81. The predicted molar refractivity (Wildman–Crippen MR) is 83.8 cm³/mol. The van der Waals surface area contributed by atoms with Crippen molar-refractivity contribution < 1.29 is 0 Å². The summed E-state index contributed by atoms with van der Waals surface area (Å²) in [6.45, 7) is 0. The number of rotatable bonds is 2. The summed E-state index contributed by atoms with van der Waals surface area (Å²) in [7, 11) is 0. The third-order valence-corrected chi connectivity index (χ3v) is 5.62. The maximum Gasteiger partial charge on any atom is 0.0341 e. The first-order chi connectivity index (χ1) is 9.43. The van der Waals surface area contributed by atoms with Crippen molar-refractivity contribution in [2.24, 2.45) is 0 Å². The molecule has 2 aliphatic rings. The molecule has 1 aromatic rings. The molecule has 0 spiro atoms. The molecule has 1 aliphatic heterocycles. The molecule has 19 heavy (non-hydrogen) atoms. The molecular formula is C17H25NS. The molecule has 1 N–H and O–H groups in total. The van der Waals surface area contributed by atoms with Gasteiger partial charge in [-0.25, -0.2) is 0 Å². The lowest BCUT2D eigenvalue weighted by molar-refractivity contribution is 0.347. The summed E-state index contributed by atoms with van der Waals surface area (Å²) in [5.74, 6) is 1.27. The van der Waals surface area contributed by atoms with Gasteiger partial charge in [0.05, 0.1) is 0 Å². The Balaban J connectivity index is 1.66. The molecule has 1 fully saturated rings. The van der Waals surface area contributed by atoms with Gasteiger partial charge in [-0.15, -0.1) is 11.8 Å². The zero-order valence-electron chi connectivity index (χ0n) is 11.7. The summed E-state index contributed by atoms with van der Waals surface area (Å²) in [6, 6.07) is 10.3. The van der Waals surface area contributed by atoms with Crippen molar-refractivity contribution >= 4 is 11.8 Å². The van der Waals surface area contributed by atoms with E-state index in [9.17, 15) is 0 Å². The van der Waals surface area contributed by atoms with Gasteiger partial charge in [-0.05, 0) is 36.6 Å². The van der Waals surface area contributed by atoms with Crippen LogP contribution in [-0.4, -0.2) is 11.8 Å². The minimum Gasteiger partial charge on any atom is -0.307 e. The molecule has 1 atom stereocenters. The molecule has 1 aliphatic carbocycles. The molecule has 2 heteroatoms. The molecular weight excluding hydrogens is 250 g/mol. The van der Waals surface area contributed by atoms with Gasteiger partial charge >= 0.3 is 0 Å². The van der Waals surface area contributed by atoms with Crippen LogP contribution in [0.5, 0.6) is 0 Å². The van der Waals surface area contributed by atoms with Crippen LogP contribution in [0.1, 0.15) is 63.0 Å². The van der Waals surface area contributed by atoms with Gasteiger partial charge < -0.3 is 5.32 Å².